The molecular formula is C25H27N3O2. The van der Waals surface area contributed by atoms with Crippen LogP contribution in [0.2, 0.25) is 0 Å². The van der Waals surface area contributed by atoms with E-state index >= 15 is 0 Å². The smallest absolute Gasteiger partial charge is 0.260 e. The van der Waals surface area contributed by atoms with Gasteiger partial charge in [0.05, 0.1) is 0 Å². The molecule has 0 atom stereocenters. The number of aromatic nitrogens is 2. The Morgan fingerprint density at radius 2 is 1.67 bits per heavy atom. The topological polar surface area (TPSA) is 55.3 Å². The van der Waals surface area contributed by atoms with Gasteiger partial charge in [0.15, 0.2) is 5.82 Å². The first-order valence-electron chi connectivity index (χ1n) is 10.6. The van der Waals surface area contributed by atoms with Gasteiger partial charge in [-0.1, -0.05) is 62.4 Å². The summed E-state index contributed by atoms with van der Waals surface area (Å²) in [6.07, 6.45) is 4.83. The normalized spacial score (nSPS) is 14.0. The molecular weight excluding hydrogens is 374 g/mol. The molecule has 0 unspecified atom stereocenters. The van der Waals surface area contributed by atoms with Crippen LogP contribution < -0.4 is 4.74 Å². The molecule has 0 saturated carbocycles. The van der Waals surface area contributed by atoms with Crippen LogP contribution in [0, 0.1) is 0 Å². The van der Waals surface area contributed by atoms with Crippen molar-refractivity contribution >= 4 is 5.91 Å². The maximum Gasteiger partial charge on any atom is 0.260 e. The van der Waals surface area contributed by atoms with Gasteiger partial charge in [0.2, 0.25) is 5.88 Å². The van der Waals surface area contributed by atoms with Gasteiger partial charge in [-0.25, -0.2) is 4.98 Å². The monoisotopic (exact) mass is 401 g/mol. The molecule has 1 aliphatic heterocycles. The fourth-order valence-electron chi connectivity index (χ4n) is 3.74. The number of piperidine rings is 1. The molecule has 0 bridgehead atoms. The molecule has 1 fully saturated rings. The highest BCUT2D eigenvalue weighted by molar-refractivity contribution is 5.96. The van der Waals surface area contributed by atoms with E-state index in [1.165, 1.54) is 6.42 Å². The number of carbonyl (C=O) groups excluding carboxylic acids is 1. The van der Waals surface area contributed by atoms with Gasteiger partial charge >= 0.3 is 0 Å². The molecule has 1 aromatic heterocycles. The number of ether oxygens (including phenoxy) is 1. The highest BCUT2D eigenvalue weighted by Gasteiger charge is 2.24. The Labute approximate surface area is 177 Å². The number of likely N-dealkylation sites (tertiary alicyclic amines) is 1. The predicted octanol–water partition coefficient (Wildman–Crippen LogP) is 5.69. The van der Waals surface area contributed by atoms with E-state index in [1.54, 1.807) is 6.20 Å². The Hall–Kier alpha value is -3.21. The molecule has 0 radical (unpaired) electrons. The van der Waals surface area contributed by atoms with Crippen LogP contribution in [-0.2, 0) is 0 Å². The summed E-state index contributed by atoms with van der Waals surface area (Å²) in [7, 11) is 0. The SMILES string of the molecule is CC(C)c1ccccc1Oc1nc(-c2ccccc2)ncc1C(=O)N1CCCCC1. The fourth-order valence-corrected chi connectivity index (χ4v) is 3.74. The molecule has 5 heteroatoms. The molecule has 2 heterocycles. The van der Waals surface area contributed by atoms with Crippen LogP contribution in [0.15, 0.2) is 60.8 Å². The average Bonchev–Trinajstić information content (AvgIpc) is 2.80. The van der Waals surface area contributed by atoms with Crippen LogP contribution in [0.4, 0.5) is 0 Å². The third-order valence-electron chi connectivity index (χ3n) is 5.41. The van der Waals surface area contributed by atoms with Crippen molar-refractivity contribution in [3.63, 3.8) is 0 Å². The summed E-state index contributed by atoms with van der Waals surface area (Å²) in [5.74, 6) is 1.80. The summed E-state index contributed by atoms with van der Waals surface area (Å²) in [6.45, 7) is 5.78. The van der Waals surface area contributed by atoms with Crippen LogP contribution in [0.1, 0.15) is 54.9 Å². The number of amides is 1. The molecule has 5 nitrogen and oxygen atoms in total. The summed E-state index contributed by atoms with van der Waals surface area (Å²) in [4.78, 5) is 24.3. The first-order chi connectivity index (χ1) is 14.6. The second-order valence-electron chi connectivity index (χ2n) is 7.93. The van der Waals surface area contributed by atoms with E-state index in [0.29, 0.717) is 17.3 Å². The van der Waals surface area contributed by atoms with E-state index in [2.05, 4.69) is 23.8 Å². The maximum atomic E-state index is 13.2. The first kappa shape index (κ1) is 20.1. The second kappa shape index (κ2) is 9.08. The average molecular weight is 402 g/mol. The number of para-hydroxylation sites is 1. The number of hydrogen-bond acceptors (Lipinski definition) is 4. The van der Waals surface area contributed by atoms with Gasteiger partial charge in [-0.2, -0.15) is 4.98 Å². The summed E-state index contributed by atoms with van der Waals surface area (Å²) in [5.41, 5.74) is 2.38. The van der Waals surface area contributed by atoms with E-state index in [-0.39, 0.29) is 11.8 Å². The molecule has 1 aliphatic rings. The number of carbonyl (C=O) groups is 1. The summed E-state index contributed by atoms with van der Waals surface area (Å²) < 4.78 is 6.28. The van der Waals surface area contributed by atoms with Crippen LogP contribution in [0.25, 0.3) is 11.4 Å². The second-order valence-corrected chi connectivity index (χ2v) is 7.93. The molecule has 2 aromatic carbocycles. The Kier molecular flexibility index (Phi) is 6.07. The van der Waals surface area contributed by atoms with Crippen molar-refractivity contribution in [3.05, 3.63) is 71.9 Å². The number of hydrogen-bond donors (Lipinski definition) is 0. The van der Waals surface area contributed by atoms with Crippen molar-refractivity contribution in [2.24, 2.45) is 0 Å². The van der Waals surface area contributed by atoms with Crippen LogP contribution >= 0.6 is 0 Å². The van der Waals surface area contributed by atoms with E-state index in [0.717, 1.165) is 42.8 Å². The van der Waals surface area contributed by atoms with Gasteiger partial charge in [-0.05, 0) is 36.8 Å². The molecule has 0 spiro atoms. The van der Waals surface area contributed by atoms with E-state index < -0.39 is 0 Å². The lowest BCUT2D eigenvalue weighted by Crippen LogP contribution is -2.36. The molecule has 1 amide bonds. The molecule has 1 saturated heterocycles. The van der Waals surface area contributed by atoms with E-state index in [1.807, 2.05) is 59.5 Å². The standard InChI is InChI=1S/C25H27N3O2/c1-18(2)20-13-7-8-14-22(20)30-24-21(25(29)28-15-9-4-10-16-28)17-26-23(27-24)19-11-5-3-6-12-19/h3,5-8,11-14,17-18H,4,9-10,15-16H2,1-2H3. The van der Waals surface area contributed by atoms with Crippen LogP contribution in [0.3, 0.4) is 0 Å². The van der Waals surface area contributed by atoms with Gasteiger partial charge in [-0.3, -0.25) is 4.79 Å². The van der Waals surface area contributed by atoms with Crippen LogP contribution in [-0.4, -0.2) is 33.9 Å². The quantitative estimate of drug-likeness (QED) is 0.551. The van der Waals surface area contributed by atoms with Crippen molar-refractivity contribution < 1.29 is 9.53 Å². The summed E-state index contributed by atoms with van der Waals surface area (Å²) >= 11 is 0. The van der Waals surface area contributed by atoms with Crippen molar-refractivity contribution in [2.45, 2.75) is 39.0 Å². The minimum absolute atomic E-state index is 0.0636. The van der Waals surface area contributed by atoms with Gasteiger partial charge in [-0.15, -0.1) is 0 Å². The van der Waals surface area contributed by atoms with Crippen LogP contribution in [0.5, 0.6) is 11.6 Å². The van der Waals surface area contributed by atoms with Crippen molar-refractivity contribution in [2.75, 3.05) is 13.1 Å². The van der Waals surface area contributed by atoms with E-state index in [9.17, 15) is 4.79 Å². The molecule has 154 valence electrons. The van der Waals surface area contributed by atoms with Crippen molar-refractivity contribution in [1.29, 1.82) is 0 Å². The highest BCUT2D eigenvalue weighted by atomic mass is 16.5. The highest BCUT2D eigenvalue weighted by Crippen LogP contribution is 2.32. The van der Waals surface area contributed by atoms with Gasteiger partial charge < -0.3 is 9.64 Å². The fraction of sp³-hybridized carbons (Fsp3) is 0.320. The van der Waals surface area contributed by atoms with Crippen molar-refractivity contribution in [1.82, 2.24) is 14.9 Å². The Morgan fingerprint density at radius 1 is 0.967 bits per heavy atom. The zero-order chi connectivity index (χ0) is 20.9. The number of benzene rings is 2. The largest absolute Gasteiger partial charge is 0.438 e. The lowest BCUT2D eigenvalue weighted by atomic mass is 10.0. The molecule has 3 aromatic rings. The Balaban J connectivity index is 1.75. The maximum absolute atomic E-state index is 13.2. The van der Waals surface area contributed by atoms with E-state index in [4.69, 9.17) is 4.74 Å². The van der Waals surface area contributed by atoms with Crippen molar-refractivity contribution in [3.8, 4) is 23.0 Å². The zero-order valence-corrected chi connectivity index (χ0v) is 17.5. The van der Waals surface area contributed by atoms with Gasteiger partial charge in [0.1, 0.15) is 11.3 Å². The van der Waals surface area contributed by atoms with Gasteiger partial charge in [0.25, 0.3) is 5.91 Å². The van der Waals surface area contributed by atoms with Gasteiger partial charge in [0, 0.05) is 24.8 Å². The Bertz CT molecular complexity index is 1010. The molecule has 4 rings (SSSR count). The molecule has 0 aliphatic carbocycles. The third kappa shape index (κ3) is 4.35. The lowest BCUT2D eigenvalue weighted by molar-refractivity contribution is 0.0720. The number of rotatable bonds is 5. The summed E-state index contributed by atoms with van der Waals surface area (Å²) in [5, 5.41) is 0. The predicted molar refractivity (Wildman–Crippen MR) is 118 cm³/mol. The third-order valence-corrected chi connectivity index (χ3v) is 5.41. The molecule has 30 heavy (non-hydrogen) atoms. The summed E-state index contributed by atoms with van der Waals surface area (Å²) in [6, 6.07) is 17.7. The minimum atomic E-state index is -0.0636. The first-order valence-corrected chi connectivity index (χ1v) is 10.6. The Morgan fingerprint density at radius 3 is 2.40 bits per heavy atom. The number of nitrogens with zero attached hydrogens (tertiary/aromatic N) is 3. The lowest BCUT2D eigenvalue weighted by Gasteiger charge is -2.27. The molecule has 0 N–H and O–H groups in total. The minimum Gasteiger partial charge on any atom is -0.438 e. The zero-order valence-electron chi connectivity index (χ0n) is 17.5.